The highest BCUT2D eigenvalue weighted by atomic mass is 16.5. The second-order valence-electron chi connectivity index (χ2n) is 6.40. The molecule has 1 unspecified atom stereocenters. The zero-order valence-electron chi connectivity index (χ0n) is 13.4. The molecule has 0 bridgehead atoms. The summed E-state index contributed by atoms with van der Waals surface area (Å²) in [6.07, 6.45) is 1.52. The molecule has 2 aromatic rings. The molecule has 3 rings (SSSR count). The van der Waals surface area contributed by atoms with Gasteiger partial charge in [0.05, 0.1) is 0 Å². The first kappa shape index (κ1) is 16.2. The van der Waals surface area contributed by atoms with Gasteiger partial charge in [-0.15, -0.1) is 0 Å². The van der Waals surface area contributed by atoms with Gasteiger partial charge in [0, 0.05) is 13.2 Å². The maximum atomic E-state index is 10.2. The lowest BCUT2D eigenvalue weighted by Gasteiger charge is -2.32. The van der Waals surface area contributed by atoms with E-state index in [1.807, 2.05) is 30.3 Å². The van der Waals surface area contributed by atoms with E-state index in [4.69, 9.17) is 9.84 Å². The topological polar surface area (TPSA) is 52.9 Å². The van der Waals surface area contributed by atoms with E-state index in [1.54, 1.807) is 0 Å². The lowest BCUT2D eigenvalue weighted by atomic mass is 9.98. The number of nitrogens with zero attached hydrogens (tertiary/aromatic N) is 1. The van der Waals surface area contributed by atoms with E-state index < -0.39 is 6.10 Å². The van der Waals surface area contributed by atoms with Gasteiger partial charge >= 0.3 is 0 Å². The molecule has 23 heavy (non-hydrogen) atoms. The Hall–Kier alpha value is -1.62. The van der Waals surface area contributed by atoms with Crippen molar-refractivity contribution >= 4 is 10.8 Å². The Bertz CT molecular complexity index is 623. The fourth-order valence-corrected chi connectivity index (χ4v) is 3.15. The van der Waals surface area contributed by atoms with Crippen molar-refractivity contribution in [1.29, 1.82) is 0 Å². The molecule has 1 fully saturated rings. The summed E-state index contributed by atoms with van der Waals surface area (Å²) in [6, 6.07) is 14.2. The minimum Gasteiger partial charge on any atom is -0.491 e. The smallest absolute Gasteiger partial charge is 0.120 e. The Labute approximate surface area is 137 Å². The van der Waals surface area contributed by atoms with Crippen LogP contribution in [-0.2, 0) is 0 Å². The fraction of sp³-hybridized carbons (Fsp3) is 0.474. The molecule has 124 valence electrons. The van der Waals surface area contributed by atoms with Crippen LogP contribution < -0.4 is 4.74 Å². The van der Waals surface area contributed by atoms with Crippen molar-refractivity contribution in [1.82, 2.24) is 4.90 Å². The molecule has 0 spiro atoms. The van der Waals surface area contributed by atoms with Crippen LogP contribution in [0.15, 0.2) is 42.5 Å². The summed E-state index contributed by atoms with van der Waals surface area (Å²) in [6.45, 7) is 3.10. The van der Waals surface area contributed by atoms with Crippen LogP contribution in [0.5, 0.6) is 5.75 Å². The number of piperidine rings is 1. The van der Waals surface area contributed by atoms with Crippen LogP contribution >= 0.6 is 0 Å². The highest BCUT2D eigenvalue weighted by Gasteiger charge is 2.20. The molecule has 0 aromatic heterocycles. The monoisotopic (exact) mass is 315 g/mol. The largest absolute Gasteiger partial charge is 0.491 e. The van der Waals surface area contributed by atoms with Gasteiger partial charge in [0.25, 0.3) is 0 Å². The van der Waals surface area contributed by atoms with Gasteiger partial charge in [0.2, 0.25) is 0 Å². The van der Waals surface area contributed by atoms with Crippen molar-refractivity contribution in [2.45, 2.75) is 18.9 Å². The van der Waals surface area contributed by atoms with E-state index in [9.17, 15) is 5.11 Å². The summed E-state index contributed by atoms with van der Waals surface area (Å²) in [7, 11) is 0. The van der Waals surface area contributed by atoms with Crippen LogP contribution in [0.1, 0.15) is 12.8 Å². The zero-order chi connectivity index (χ0) is 16.1. The Morgan fingerprint density at radius 3 is 2.57 bits per heavy atom. The Kier molecular flexibility index (Phi) is 5.49. The van der Waals surface area contributed by atoms with Gasteiger partial charge in [-0.25, -0.2) is 0 Å². The highest BCUT2D eigenvalue weighted by Crippen LogP contribution is 2.21. The third-order valence-electron chi connectivity index (χ3n) is 4.60. The molecule has 0 aliphatic carbocycles. The number of benzene rings is 2. The van der Waals surface area contributed by atoms with Crippen molar-refractivity contribution in [3.8, 4) is 5.75 Å². The molecule has 0 saturated carbocycles. The third kappa shape index (κ3) is 4.44. The second kappa shape index (κ2) is 7.77. The predicted octanol–water partition coefficient (Wildman–Crippen LogP) is 2.28. The Morgan fingerprint density at radius 2 is 1.83 bits per heavy atom. The molecule has 0 amide bonds. The average molecular weight is 315 g/mol. The van der Waals surface area contributed by atoms with Gasteiger partial charge in [-0.3, -0.25) is 0 Å². The minimum atomic E-state index is -0.493. The highest BCUT2D eigenvalue weighted by molar-refractivity contribution is 5.83. The Balaban J connectivity index is 1.47. The lowest BCUT2D eigenvalue weighted by Crippen LogP contribution is -2.41. The molecule has 1 aliphatic rings. The predicted molar refractivity (Wildman–Crippen MR) is 91.7 cm³/mol. The number of aliphatic hydroxyl groups is 2. The number of hydrogen-bond donors (Lipinski definition) is 2. The summed E-state index contributed by atoms with van der Waals surface area (Å²) in [4.78, 5) is 2.25. The molecule has 2 aromatic carbocycles. The number of hydrogen-bond acceptors (Lipinski definition) is 4. The maximum absolute atomic E-state index is 10.2. The van der Waals surface area contributed by atoms with Crippen LogP contribution in [0, 0.1) is 5.92 Å². The van der Waals surface area contributed by atoms with Gasteiger partial charge < -0.3 is 19.8 Å². The van der Waals surface area contributed by atoms with E-state index in [1.165, 1.54) is 5.39 Å². The molecule has 4 heteroatoms. The van der Waals surface area contributed by atoms with Gasteiger partial charge in [-0.2, -0.15) is 0 Å². The van der Waals surface area contributed by atoms with Crippen LogP contribution in [0.2, 0.25) is 0 Å². The van der Waals surface area contributed by atoms with Crippen molar-refractivity contribution in [3.63, 3.8) is 0 Å². The van der Waals surface area contributed by atoms with E-state index >= 15 is 0 Å². The first-order valence-electron chi connectivity index (χ1n) is 8.37. The lowest BCUT2D eigenvalue weighted by molar-refractivity contribution is 0.0489. The molecule has 2 N–H and O–H groups in total. The van der Waals surface area contributed by atoms with Gasteiger partial charge in [-0.05, 0) is 54.8 Å². The summed E-state index contributed by atoms with van der Waals surface area (Å²) in [5.74, 6) is 1.22. The van der Waals surface area contributed by atoms with E-state index in [-0.39, 0.29) is 6.61 Å². The maximum Gasteiger partial charge on any atom is 0.120 e. The zero-order valence-corrected chi connectivity index (χ0v) is 13.4. The standard InChI is InChI=1S/C19H25NO3/c21-13-15-7-9-20(10-8-15)12-18(22)14-23-19-6-5-16-3-1-2-4-17(16)11-19/h1-6,11,15,18,21-22H,7-10,12-14H2. The number of aliphatic hydroxyl groups excluding tert-OH is 2. The van der Waals surface area contributed by atoms with E-state index in [0.717, 1.165) is 37.1 Å². The van der Waals surface area contributed by atoms with E-state index in [2.05, 4.69) is 17.0 Å². The summed E-state index contributed by atoms with van der Waals surface area (Å²) < 4.78 is 5.74. The van der Waals surface area contributed by atoms with Gasteiger partial charge in [0.15, 0.2) is 0 Å². The summed E-state index contributed by atoms with van der Waals surface area (Å²) in [5, 5.41) is 21.7. The number of likely N-dealkylation sites (tertiary alicyclic amines) is 1. The van der Waals surface area contributed by atoms with Crippen molar-refractivity contribution in [2.75, 3.05) is 32.8 Å². The number of ether oxygens (including phenoxy) is 1. The second-order valence-corrected chi connectivity index (χ2v) is 6.40. The quantitative estimate of drug-likeness (QED) is 0.859. The van der Waals surface area contributed by atoms with Crippen molar-refractivity contribution in [2.24, 2.45) is 5.92 Å². The number of fused-ring (bicyclic) bond motifs is 1. The van der Waals surface area contributed by atoms with Crippen LogP contribution in [0.3, 0.4) is 0 Å². The molecule has 0 radical (unpaired) electrons. The van der Waals surface area contributed by atoms with E-state index in [0.29, 0.717) is 19.1 Å². The van der Waals surface area contributed by atoms with Crippen LogP contribution in [0.25, 0.3) is 10.8 Å². The van der Waals surface area contributed by atoms with Crippen LogP contribution in [-0.4, -0.2) is 54.1 Å². The molecule has 1 atom stereocenters. The third-order valence-corrected chi connectivity index (χ3v) is 4.60. The van der Waals surface area contributed by atoms with Crippen LogP contribution in [0.4, 0.5) is 0 Å². The summed E-state index contributed by atoms with van der Waals surface area (Å²) >= 11 is 0. The number of β-amino-alcohol motifs (C(OH)–C–C–N with tert-alkyl or cyclic N) is 1. The minimum absolute atomic E-state index is 0.279. The first-order valence-corrected chi connectivity index (χ1v) is 8.37. The molecular weight excluding hydrogens is 290 g/mol. The molecule has 1 heterocycles. The SMILES string of the molecule is OCC1CCN(CC(O)COc2ccc3ccccc3c2)CC1. The van der Waals surface area contributed by atoms with Crippen molar-refractivity contribution in [3.05, 3.63) is 42.5 Å². The molecule has 1 aliphatic heterocycles. The van der Waals surface area contributed by atoms with Gasteiger partial charge in [-0.1, -0.05) is 30.3 Å². The van der Waals surface area contributed by atoms with Crippen molar-refractivity contribution < 1.29 is 14.9 Å². The molecule has 4 nitrogen and oxygen atoms in total. The first-order chi connectivity index (χ1) is 11.2. The average Bonchev–Trinajstić information content (AvgIpc) is 2.60. The normalized spacial score (nSPS) is 18.2. The summed E-state index contributed by atoms with van der Waals surface area (Å²) in [5.41, 5.74) is 0. The molecule has 1 saturated heterocycles. The molecular formula is C19H25NO3. The fourth-order valence-electron chi connectivity index (χ4n) is 3.15. The number of rotatable bonds is 6. The van der Waals surface area contributed by atoms with Gasteiger partial charge in [0.1, 0.15) is 18.5 Å². The Morgan fingerprint density at radius 1 is 1.09 bits per heavy atom.